The summed E-state index contributed by atoms with van der Waals surface area (Å²) in [7, 11) is 0. The van der Waals surface area contributed by atoms with E-state index in [2.05, 4.69) is 0 Å². The summed E-state index contributed by atoms with van der Waals surface area (Å²) in [5.41, 5.74) is -0.0654. The van der Waals surface area contributed by atoms with E-state index in [1.165, 1.54) is 6.07 Å². The van der Waals surface area contributed by atoms with Crippen molar-refractivity contribution in [1.29, 1.82) is 0 Å². The maximum absolute atomic E-state index is 14.9. The van der Waals surface area contributed by atoms with Crippen molar-refractivity contribution >= 4 is 10.8 Å². The quantitative estimate of drug-likeness (QED) is 0.242. The van der Waals surface area contributed by atoms with Gasteiger partial charge in [0.15, 0.2) is 11.6 Å². The van der Waals surface area contributed by atoms with Crippen LogP contribution in [-0.4, -0.2) is 0 Å². The van der Waals surface area contributed by atoms with Gasteiger partial charge in [-0.15, -0.1) is 0 Å². The summed E-state index contributed by atoms with van der Waals surface area (Å²) in [5, 5.41) is 1.66. The van der Waals surface area contributed by atoms with E-state index in [0.29, 0.717) is 5.56 Å². The van der Waals surface area contributed by atoms with Crippen LogP contribution in [0.5, 0.6) is 11.5 Å². The van der Waals surface area contributed by atoms with Gasteiger partial charge < -0.3 is 4.74 Å². The third-order valence-electron chi connectivity index (χ3n) is 5.16. The molecule has 0 saturated heterocycles. The average molecular weight is 410 g/mol. The number of ether oxygens (including phenoxy) is 1. The van der Waals surface area contributed by atoms with Gasteiger partial charge in [-0.25, -0.2) is 8.78 Å². The third kappa shape index (κ3) is 3.52. The maximum Gasteiger partial charge on any atom is 0.204 e. The second kappa shape index (κ2) is 8.19. The molecule has 0 heterocycles. The Labute approximate surface area is 171 Å². The van der Waals surface area contributed by atoms with Crippen molar-refractivity contribution in [3.63, 3.8) is 0 Å². The number of hydrogen-bond donors (Lipinski definition) is 0. The number of fused-ring (bicyclic) bond motifs is 1. The van der Waals surface area contributed by atoms with Gasteiger partial charge in [0.2, 0.25) is 17.4 Å². The molecule has 0 aliphatic heterocycles. The molecule has 0 aliphatic carbocycles. The molecule has 1 nitrogen and oxygen atoms in total. The van der Waals surface area contributed by atoms with E-state index in [1.807, 2.05) is 12.1 Å². The second-order valence-electron chi connectivity index (χ2n) is 6.98. The average Bonchev–Trinajstić information content (AvgIpc) is 2.78. The highest BCUT2D eigenvalue weighted by Crippen LogP contribution is 2.39. The van der Waals surface area contributed by atoms with Crippen LogP contribution in [0.15, 0.2) is 72.8 Å². The van der Waals surface area contributed by atoms with Gasteiger partial charge in [-0.05, 0) is 34.9 Å². The van der Waals surface area contributed by atoms with Crippen LogP contribution in [0.3, 0.4) is 0 Å². The topological polar surface area (TPSA) is 9.23 Å². The minimum Gasteiger partial charge on any atom is -0.451 e. The van der Waals surface area contributed by atoms with Crippen molar-refractivity contribution in [1.82, 2.24) is 0 Å². The Morgan fingerprint density at radius 1 is 0.700 bits per heavy atom. The molecule has 0 N–H and O–H groups in total. The van der Waals surface area contributed by atoms with Crippen LogP contribution in [-0.2, 0) is 0 Å². The highest BCUT2D eigenvalue weighted by molar-refractivity contribution is 5.83. The minimum atomic E-state index is -1.55. The molecule has 0 bridgehead atoms. The lowest BCUT2D eigenvalue weighted by Crippen LogP contribution is -2.11. The van der Waals surface area contributed by atoms with Crippen LogP contribution in [0.1, 0.15) is 30.4 Å². The lowest BCUT2D eigenvalue weighted by atomic mass is 9.88. The van der Waals surface area contributed by atoms with Crippen LogP contribution >= 0.6 is 0 Å². The van der Waals surface area contributed by atoms with E-state index in [0.717, 1.165) is 10.8 Å². The van der Waals surface area contributed by atoms with Gasteiger partial charge in [0, 0.05) is 11.5 Å². The first-order valence-electron chi connectivity index (χ1n) is 9.58. The van der Waals surface area contributed by atoms with E-state index in [1.54, 1.807) is 61.5 Å². The van der Waals surface area contributed by atoms with Crippen molar-refractivity contribution in [2.24, 2.45) is 0 Å². The predicted octanol–water partition coefficient (Wildman–Crippen LogP) is 7.73. The van der Waals surface area contributed by atoms with E-state index in [-0.39, 0.29) is 12.2 Å². The normalized spacial score (nSPS) is 12.2. The Bertz CT molecular complexity index is 1180. The van der Waals surface area contributed by atoms with Gasteiger partial charge in [0.25, 0.3) is 0 Å². The molecule has 0 fully saturated rings. The fourth-order valence-corrected chi connectivity index (χ4v) is 3.66. The summed E-state index contributed by atoms with van der Waals surface area (Å²) in [6, 6.07) is 20.6. The van der Waals surface area contributed by atoms with Crippen molar-refractivity contribution in [3.05, 3.63) is 107 Å². The lowest BCUT2D eigenvalue weighted by molar-refractivity contribution is 0.357. The SMILES string of the molecule is CC[C@H](c1ccccc1)c1c(F)c(F)c(Oc2ccc3ccccc3c2)c(F)c1F. The molecule has 4 rings (SSSR count). The zero-order valence-electron chi connectivity index (χ0n) is 16.1. The fraction of sp³-hybridized carbons (Fsp3) is 0.120. The van der Waals surface area contributed by atoms with Gasteiger partial charge in [-0.2, -0.15) is 8.78 Å². The number of benzene rings is 4. The minimum absolute atomic E-state index is 0.0770. The van der Waals surface area contributed by atoms with Crippen LogP contribution in [0.25, 0.3) is 10.8 Å². The Hall–Kier alpha value is -3.34. The Morgan fingerprint density at radius 2 is 1.30 bits per heavy atom. The predicted molar refractivity (Wildman–Crippen MR) is 109 cm³/mol. The molecule has 0 spiro atoms. The van der Waals surface area contributed by atoms with Gasteiger partial charge in [0.05, 0.1) is 0 Å². The molecule has 0 aromatic heterocycles. The fourth-order valence-electron chi connectivity index (χ4n) is 3.66. The summed E-state index contributed by atoms with van der Waals surface area (Å²) in [4.78, 5) is 0. The largest absolute Gasteiger partial charge is 0.451 e. The van der Waals surface area contributed by atoms with E-state index in [9.17, 15) is 17.6 Å². The van der Waals surface area contributed by atoms with Crippen molar-refractivity contribution < 1.29 is 22.3 Å². The van der Waals surface area contributed by atoms with Crippen LogP contribution < -0.4 is 4.74 Å². The summed E-state index contributed by atoms with van der Waals surface area (Å²) < 4.78 is 64.7. The monoisotopic (exact) mass is 410 g/mol. The Kier molecular flexibility index (Phi) is 5.44. The van der Waals surface area contributed by atoms with Gasteiger partial charge in [-0.3, -0.25) is 0 Å². The van der Waals surface area contributed by atoms with E-state index < -0.39 is 40.5 Å². The summed E-state index contributed by atoms with van der Waals surface area (Å²) in [5.74, 6) is -7.83. The first kappa shape index (κ1) is 20.0. The van der Waals surface area contributed by atoms with Crippen LogP contribution in [0.4, 0.5) is 17.6 Å². The molecule has 0 amide bonds. The highest BCUT2D eigenvalue weighted by Gasteiger charge is 2.31. The van der Waals surface area contributed by atoms with E-state index >= 15 is 0 Å². The van der Waals surface area contributed by atoms with Gasteiger partial charge in [0.1, 0.15) is 5.75 Å². The van der Waals surface area contributed by atoms with Crippen LogP contribution in [0, 0.1) is 23.3 Å². The van der Waals surface area contributed by atoms with Crippen molar-refractivity contribution in [3.8, 4) is 11.5 Å². The first-order valence-corrected chi connectivity index (χ1v) is 9.58. The molecule has 4 aromatic carbocycles. The molecule has 0 unspecified atom stereocenters. The lowest BCUT2D eigenvalue weighted by Gasteiger charge is -2.20. The molecule has 0 aliphatic rings. The molecule has 5 heteroatoms. The smallest absolute Gasteiger partial charge is 0.204 e. The second-order valence-corrected chi connectivity index (χ2v) is 6.98. The molecular weight excluding hydrogens is 392 g/mol. The molecule has 1 atom stereocenters. The van der Waals surface area contributed by atoms with Crippen molar-refractivity contribution in [2.45, 2.75) is 19.3 Å². The molecule has 0 saturated carbocycles. The number of rotatable bonds is 5. The third-order valence-corrected chi connectivity index (χ3v) is 5.16. The number of halogens is 4. The zero-order chi connectivity index (χ0) is 21.3. The molecule has 4 aromatic rings. The molecular formula is C25H18F4O. The van der Waals surface area contributed by atoms with E-state index in [4.69, 9.17) is 4.74 Å². The molecule has 30 heavy (non-hydrogen) atoms. The Morgan fingerprint density at radius 3 is 1.93 bits per heavy atom. The zero-order valence-corrected chi connectivity index (χ0v) is 16.1. The van der Waals surface area contributed by atoms with Gasteiger partial charge >= 0.3 is 0 Å². The summed E-state index contributed by atoms with van der Waals surface area (Å²) >= 11 is 0. The van der Waals surface area contributed by atoms with Gasteiger partial charge in [-0.1, -0.05) is 67.6 Å². The summed E-state index contributed by atoms with van der Waals surface area (Å²) in [6.45, 7) is 1.70. The van der Waals surface area contributed by atoms with Crippen molar-refractivity contribution in [2.75, 3.05) is 0 Å². The first-order chi connectivity index (χ1) is 14.5. The number of hydrogen-bond acceptors (Lipinski definition) is 1. The molecule has 152 valence electrons. The summed E-state index contributed by atoms with van der Waals surface area (Å²) in [6.07, 6.45) is 0.265. The standard InChI is InChI=1S/C25H18F4O/c1-2-19(16-9-4-3-5-10-16)20-21(26)23(28)25(24(29)22(20)27)30-18-13-12-15-8-6-7-11-17(15)14-18/h3-14,19H,2H2,1H3/t19-/m1/s1. The van der Waals surface area contributed by atoms with Crippen LogP contribution in [0.2, 0.25) is 0 Å². The highest BCUT2D eigenvalue weighted by atomic mass is 19.2. The Balaban J connectivity index is 1.79. The molecule has 0 radical (unpaired) electrons. The maximum atomic E-state index is 14.9.